The van der Waals surface area contributed by atoms with Crippen molar-refractivity contribution in [3.05, 3.63) is 33.0 Å². The van der Waals surface area contributed by atoms with Crippen LogP contribution < -0.4 is 0 Å². The molecule has 1 heterocycles. The summed E-state index contributed by atoms with van der Waals surface area (Å²) in [6.45, 7) is 0. The van der Waals surface area contributed by atoms with Crippen LogP contribution in [0.15, 0.2) is 22.9 Å². The monoisotopic (exact) mass is 281 g/mol. The molecule has 1 aliphatic carbocycles. The van der Waals surface area contributed by atoms with E-state index in [0.717, 1.165) is 5.52 Å². The Bertz CT molecular complexity index is 589. The average molecular weight is 282 g/mol. The summed E-state index contributed by atoms with van der Waals surface area (Å²) in [6, 6.07) is 3.82. The minimum Gasteiger partial charge on any atom is -0.327 e. The summed E-state index contributed by atoms with van der Waals surface area (Å²) in [6.07, 6.45) is 4.10. The molecule has 1 aromatic heterocycles. The van der Waals surface area contributed by atoms with Gasteiger partial charge in [-0.2, -0.15) is 0 Å². The van der Waals surface area contributed by atoms with Crippen LogP contribution in [0, 0.1) is 10.1 Å². The summed E-state index contributed by atoms with van der Waals surface area (Å²) in [4.78, 5) is 14.6. The van der Waals surface area contributed by atoms with E-state index in [1.54, 1.807) is 12.4 Å². The third-order valence-corrected chi connectivity index (χ3v) is 3.42. The molecule has 3 rings (SSSR count). The van der Waals surface area contributed by atoms with Crippen molar-refractivity contribution >= 4 is 32.7 Å². The van der Waals surface area contributed by atoms with Crippen molar-refractivity contribution in [2.45, 2.75) is 18.9 Å². The predicted octanol–water partition coefficient (Wildman–Crippen LogP) is 3.04. The molecule has 0 bridgehead atoms. The number of hydrogen-bond acceptors (Lipinski definition) is 3. The van der Waals surface area contributed by atoms with E-state index in [1.807, 2.05) is 0 Å². The zero-order valence-corrected chi connectivity index (χ0v) is 9.85. The molecule has 0 aliphatic heterocycles. The number of nitrogens with zero attached hydrogens (tertiary/aromatic N) is 3. The van der Waals surface area contributed by atoms with E-state index in [2.05, 4.69) is 25.5 Å². The summed E-state index contributed by atoms with van der Waals surface area (Å²) in [5.41, 5.74) is 1.70. The number of nitro groups is 1. The SMILES string of the molecule is O=[N+]([O-])c1cc2ncn(C3CC3)c2cc1Br. The van der Waals surface area contributed by atoms with Crippen LogP contribution in [0.5, 0.6) is 0 Å². The molecule has 1 fully saturated rings. The lowest BCUT2D eigenvalue weighted by atomic mass is 10.3. The molecule has 0 spiro atoms. The Kier molecular flexibility index (Phi) is 2.00. The number of benzene rings is 1. The molecule has 0 unspecified atom stereocenters. The van der Waals surface area contributed by atoms with Crippen LogP contribution in [0.3, 0.4) is 0 Å². The molecule has 0 saturated heterocycles. The first-order chi connectivity index (χ1) is 7.66. The standard InChI is InChI=1S/C10H8BrN3O2/c11-7-3-10-8(4-9(7)14(15)16)12-5-13(10)6-1-2-6/h3-6H,1-2H2. The fourth-order valence-corrected chi connectivity index (χ4v) is 2.30. The second-order valence-corrected chi connectivity index (χ2v) is 4.79. The van der Waals surface area contributed by atoms with Crippen molar-refractivity contribution in [1.82, 2.24) is 9.55 Å². The number of imidazole rings is 1. The topological polar surface area (TPSA) is 61.0 Å². The van der Waals surface area contributed by atoms with Gasteiger partial charge in [-0.1, -0.05) is 0 Å². The van der Waals surface area contributed by atoms with Gasteiger partial charge in [0.15, 0.2) is 0 Å². The Morgan fingerprint density at radius 3 is 2.88 bits per heavy atom. The number of halogens is 1. The first-order valence-electron chi connectivity index (χ1n) is 4.97. The molecule has 1 saturated carbocycles. The van der Waals surface area contributed by atoms with Crippen molar-refractivity contribution < 1.29 is 4.92 Å². The molecule has 5 nitrogen and oxygen atoms in total. The number of nitro benzene ring substituents is 1. The molecule has 16 heavy (non-hydrogen) atoms. The maximum atomic E-state index is 10.8. The highest BCUT2D eigenvalue weighted by Crippen LogP contribution is 2.38. The van der Waals surface area contributed by atoms with Crippen molar-refractivity contribution in [2.24, 2.45) is 0 Å². The fourth-order valence-electron chi connectivity index (χ4n) is 1.82. The minimum atomic E-state index is -0.403. The summed E-state index contributed by atoms with van der Waals surface area (Å²) in [5, 5.41) is 10.8. The molecular formula is C10H8BrN3O2. The van der Waals surface area contributed by atoms with Gasteiger partial charge in [-0.3, -0.25) is 10.1 Å². The van der Waals surface area contributed by atoms with Gasteiger partial charge in [0.25, 0.3) is 5.69 Å². The normalized spacial score (nSPS) is 15.6. The van der Waals surface area contributed by atoms with Gasteiger partial charge in [-0.25, -0.2) is 4.98 Å². The number of aromatic nitrogens is 2. The molecule has 1 aromatic carbocycles. The van der Waals surface area contributed by atoms with Gasteiger partial charge in [0.05, 0.1) is 26.8 Å². The fraction of sp³-hybridized carbons (Fsp3) is 0.300. The highest BCUT2D eigenvalue weighted by molar-refractivity contribution is 9.10. The van der Waals surface area contributed by atoms with Gasteiger partial charge >= 0.3 is 0 Å². The Morgan fingerprint density at radius 1 is 1.50 bits per heavy atom. The van der Waals surface area contributed by atoms with Crippen molar-refractivity contribution in [2.75, 3.05) is 0 Å². The Hall–Kier alpha value is -1.43. The van der Waals surface area contributed by atoms with Crippen molar-refractivity contribution in [3.63, 3.8) is 0 Å². The van der Waals surface area contributed by atoms with Crippen LogP contribution in [-0.4, -0.2) is 14.5 Å². The van der Waals surface area contributed by atoms with Gasteiger partial charge < -0.3 is 4.57 Å². The van der Waals surface area contributed by atoms with Crippen LogP contribution in [-0.2, 0) is 0 Å². The van der Waals surface area contributed by atoms with Gasteiger partial charge in [0.2, 0.25) is 0 Å². The number of hydrogen-bond donors (Lipinski definition) is 0. The Morgan fingerprint density at radius 2 is 2.25 bits per heavy atom. The Balaban J connectivity index is 2.23. The molecular weight excluding hydrogens is 274 g/mol. The molecule has 0 amide bonds. The molecule has 82 valence electrons. The lowest BCUT2D eigenvalue weighted by Gasteiger charge is -2.01. The van der Waals surface area contributed by atoms with Crippen LogP contribution in [0.2, 0.25) is 0 Å². The first-order valence-corrected chi connectivity index (χ1v) is 5.76. The molecule has 0 atom stereocenters. The van der Waals surface area contributed by atoms with E-state index < -0.39 is 4.92 Å². The lowest BCUT2D eigenvalue weighted by Crippen LogP contribution is -1.93. The third-order valence-electron chi connectivity index (χ3n) is 2.78. The molecule has 1 aliphatic rings. The van der Waals surface area contributed by atoms with Gasteiger partial charge in [-0.15, -0.1) is 0 Å². The van der Waals surface area contributed by atoms with Gasteiger partial charge in [0.1, 0.15) is 0 Å². The van der Waals surface area contributed by atoms with E-state index in [9.17, 15) is 10.1 Å². The molecule has 0 radical (unpaired) electrons. The van der Waals surface area contributed by atoms with Crippen LogP contribution in [0.1, 0.15) is 18.9 Å². The van der Waals surface area contributed by atoms with E-state index >= 15 is 0 Å². The number of fused-ring (bicyclic) bond motifs is 1. The zero-order valence-electron chi connectivity index (χ0n) is 8.26. The summed E-state index contributed by atoms with van der Waals surface area (Å²) < 4.78 is 2.59. The van der Waals surface area contributed by atoms with Crippen molar-refractivity contribution in [1.29, 1.82) is 0 Å². The molecule has 2 aromatic rings. The van der Waals surface area contributed by atoms with Gasteiger partial charge in [0, 0.05) is 12.1 Å². The smallest absolute Gasteiger partial charge is 0.285 e. The molecule has 0 N–H and O–H groups in total. The highest BCUT2D eigenvalue weighted by Gasteiger charge is 2.26. The van der Waals surface area contributed by atoms with E-state index in [1.165, 1.54) is 18.9 Å². The van der Waals surface area contributed by atoms with E-state index in [-0.39, 0.29) is 5.69 Å². The van der Waals surface area contributed by atoms with Crippen LogP contribution in [0.4, 0.5) is 5.69 Å². The second kappa shape index (κ2) is 3.28. The maximum absolute atomic E-state index is 10.8. The Labute approximate surface area is 99.4 Å². The highest BCUT2D eigenvalue weighted by atomic mass is 79.9. The quantitative estimate of drug-likeness (QED) is 0.628. The number of rotatable bonds is 2. The van der Waals surface area contributed by atoms with Crippen molar-refractivity contribution in [3.8, 4) is 0 Å². The van der Waals surface area contributed by atoms with Crippen LogP contribution in [0.25, 0.3) is 11.0 Å². The van der Waals surface area contributed by atoms with E-state index in [0.29, 0.717) is 16.0 Å². The summed E-state index contributed by atoms with van der Waals surface area (Å²) in [7, 11) is 0. The maximum Gasteiger partial charge on any atom is 0.285 e. The zero-order chi connectivity index (χ0) is 11.3. The van der Waals surface area contributed by atoms with Crippen LogP contribution >= 0.6 is 15.9 Å². The largest absolute Gasteiger partial charge is 0.327 e. The summed E-state index contributed by atoms with van der Waals surface area (Å²) in [5.74, 6) is 0. The third kappa shape index (κ3) is 1.41. The van der Waals surface area contributed by atoms with E-state index in [4.69, 9.17) is 0 Å². The average Bonchev–Trinajstić information content (AvgIpc) is 2.99. The molecule has 6 heteroatoms. The lowest BCUT2D eigenvalue weighted by molar-refractivity contribution is -0.385. The van der Waals surface area contributed by atoms with Gasteiger partial charge in [-0.05, 0) is 34.8 Å². The summed E-state index contributed by atoms with van der Waals surface area (Å²) >= 11 is 3.22. The first kappa shape index (κ1) is 9.77. The second-order valence-electron chi connectivity index (χ2n) is 3.93. The predicted molar refractivity (Wildman–Crippen MR) is 62.4 cm³/mol. The minimum absolute atomic E-state index is 0.0635.